The van der Waals surface area contributed by atoms with Gasteiger partial charge in [0.25, 0.3) is 0 Å². The van der Waals surface area contributed by atoms with E-state index in [1.165, 1.54) is 24.0 Å². The van der Waals surface area contributed by atoms with Gasteiger partial charge in [0, 0.05) is 0 Å². The summed E-state index contributed by atoms with van der Waals surface area (Å²) in [4.78, 5) is 14.1. The Hall–Kier alpha value is -1.35. The Morgan fingerprint density at radius 2 is 2.06 bits per heavy atom. The van der Waals surface area contributed by atoms with E-state index in [4.69, 9.17) is 5.73 Å². The van der Waals surface area contributed by atoms with Crippen molar-refractivity contribution in [1.29, 1.82) is 0 Å². The van der Waals surface area contributed by atoms with Gasteiger partial charge in [0.15, 0.2) is 0 Å². The largest absolute Gasteiger partial charge is 0.368 e. The lowest BCUT2D eigenvalue weighted by molar-refractivity contribution is -0.128. The molecule has 0 saturated carbocycles. The number of carbonyl (C=O) groups excluding carboxylic acids is 1. The van der Waals surface area contributed by atoms with Crippen molar-refractivity contribution >= 4 is 5.91 Å². The maximum Gasteiger partial charge on any atom is 0.242 e. The first kappa shape index (κ1) is 11.7. The first-order valence-electron chi connectivity index (χ1n) is 6.78. The molecule has 1 aromatic carbocycles. The number of likely N-dealkylation sites (tertiary alicyclic amines) is 1. The molecule has 0 radical (unpaired) electrons. The summed E-state index contributed by atoms with van der Waals surface area (Å²) in [6.45, 7) is 0.944. The Balaban J connectivity index is 2.09. The highest BCUT2D eigenvalue weighted by Gasteiger charge is 2.45. The normalized spacial score (nSPS) is 27.4. The molecule has 96 valence electrons. The summed E-state index contributed by atoms with van der Waals surface area (Å²) in [6.07, 6.45) is 5.43. The summed E-state index contributed by atoms with van der Waals surface area (Å²) in [5.41, 5.74) is 9.10. The van der Waals surface area contributed by atoms with Crippen molar-refractivity contribution in [2.24, 2.45) is 5.73 Å². The second-order valence-corrected chi connectivity index (χ2v) is 5.59. The molecule has 2 aliphatic rings. The smallest absolute Gasteiger partial charge is 0.242 e. The zero-order valence-corrected chi connectivity index (χ0v) is 10.9. The van der Waals surface area contributed by atoms with Crippen LogP contribution < -0.4 is 5.73 Å². The molecule has 3 nitrogen and oxygen atoms in total. The molecule has 1 atom stereocenters. The summed E-state index contributed by atoms with van der Waals surface area (Å²) in [5, 5.41) is 0. The molecular formula is C15H20N2O. The molecule has 1 unspecified atom stereocenters. The molecule has 18 heavy (non-hydrogen) atoms. The highest BCUT2D eigenvalue weighted by atomic mass is 16.1. The summed E-state index contributed by atoms with van der Waals surface area (Å²) in [7, 11) is 2.00. The minimum Gasteiger partial charge on any atom is -0.368 e. The molecule has 1 heterocycles. The van der Waals surface area contributed by atoms with Gasteiger partial charge in [-0.15, -0.1) is 0 Å². The fourth-order valence-corrected chi connectivity index (χ4v) is 3.60. The van der Waals surface area contributed by atoms with E-state index in [9.17, 15) is 4.79 Å². The van der Waals surface area contributed by atoms with Crippen molar-refractivity contribution < 1.29 is 4.79 Å². The number of aryl methyl sites for hydroxylation is 2. The zero-order valence-electron chi connectivity index (χ0n) is 10.9. The minimum atomic E-state index is -0.572. The Kier molecular flexibility index (Phi) is 2.67. The molecular weight excluding hydrogens is 224 g/mol. The predicted molar refractivity (Wildman–Crippen MR) is 71.2 cm³/mol. The second kappa shape index (κ2) is 4.09. The molecule has 3 rings (SSSR count). The highest BCUT2D eigenvalue weighted by Crippen LogP contribution is 2.39. The van der Waals surface area contributed by atoms with Crippen molar-refractivity contribution in [3.63, 3.8) is 0 Å². The minimum absolute atomic E-state index is 0.208. The van der Waals surface area contributed by atoms with Crippen molar-refractivity contribution in [2.75, 3.05) is 13.6 Å². The Morgan fingerprint density at radius 3 is 2.72 bits per heavy atom. The number of nitrogens with two attached hydrogens (primary N) is 1. The van der Waals surface area contributed by atoms with Crippen LogP contribution in [0.2, 0.25) is 0 Å². The van der Waals surface area contributed by atoms with Crippen molar-refractivity contribution in [1.82, 2.24) is 4.90 Å². The van der Waals surface area contributed by atoms with E-state index in [0.717, 1.165) is 31.4 Å². The van der Waals surface area contributed by atoms with Gasteiger partial charge in [-0.3, -0.25) is 9.69 Å². The zero-order chi connectivity index (χ0) is 12.8. The van der Waals surface area contributed by atoms with E-state index < -0.39 is 5.54 Å². The number of hydrogen-bond donors (Lipinski definition) is 1. The molecule has 1 amide bonds. The number of rotatable bonds is 2. The first-order valence-corrected chi connectivity index (χ1v) is 6.78. The number of amides is 1. The van der Waals surface area contributed by atoms with E-state index in [-0.39, 0.29) is 5.91 Å². The summed E-state index contributed by atoms with van der Waals surface area (Å²) >= 11 is 0. The Morgan fingerprint density at radius 1 is 1.28 bits per heavy atom. The standard InChI is InChI=1S/C15H20N2O/c1-17-9-3-8-15(17,14(16)18)13-7-6-11-4-2-5-12(11)10-13/h6-7,10H,2-5,8-9H2,1H3,(H2,16,18). The lowest BCUT2D eigenvalue weighted by Crippen LogP contribution is -2.49. The van der Waals surface area contributed by atoms with Gasteiger partial charge >= 0.3 is 0 Å². The topological polar surface area (TPSA) is 46.3 Å². The maximum absolute atomic E-state index is 12.0. The van der Waals surface area contributed by atoms with Gasteiger partial charge in [0.05, 0.1) is 0 Å². The van der Waals surface area contributed by atoms with Crippen LogP contribution in [0.25, 0.3) is 0 Å². The van der Waals surface area contributed by atoms with Crippen LogP contribution in [0.5, 0.6) is 0 Å². The first-order chi connectivity index (χ1) is 8.64. The molecule has 3 heteroatoms. The maximum atomic E-state index is 12.0. The number of benzene rings is 1. The SMILES string of the molecule is CN1CCCC1(C(N)=O)c1ccc2c(c1)CCC2. The van der Waals surface area contributed by atoms with E-state index in [1.54, 1.807) is 0 Å². The number of fused-ring (bicyclic) bond motifs is 1. The van der Waals surface area contributed by atoms with Gasteiger partial charge in [0.1, 0.15) is 5.54 Å². The summed E-state index contributed by atoms with van der Waals surface area (Å²) in [5.74, 6) is -0.208. The summed E-state index contributed by atoms with van der Waals surface area (Å²) in [6, 6.07) is 6.51. The Labute approximate surface area is 108 Å². The van der Waals surface area contributed by atoms with Gasteiger partial charge in [-0.05, 0) is 62.4 Å². The average Bonchev–Trinajstić information content (AvgIpc) is 2.94. The van der Waals surface area contributed by atoms with Crippen LogP contribution in [-0.2, 0) is 23.2 Å². The van der Waals surface area contributed by atoms with Gasteiger partial charge in [-0.25, -0.2) is 0 Å². The van der Waals surface area contributed by atoms with Crippen LogP contribution in [0.15, 0.2) is 18.2 Å². The van der Waals surface area contributed by atoms with Gasteiger partial charge in [-0.1, -0.05) is 18.2 Å². The third-order valence-corrected chi connectivity index (χ3v) is 4.67. The van der Waals surface area contributed by atoms with Crippen molar-refractivity contribution in [3.8, 4) is 0 Å². The number of primary amides is 1. The summed E-state index contributed by atoms with van der Waals surface area (Å²) < 4.78 is 0. The lowest BCUT2D eigenvalue weighted by Gasteiger charge is -2.33. The molecule has 1 fully saturated rings. The number of likely N-dealkylation sites (N-methyl/N-ethyl adjacent to an activating group) is 1. The quantitative estimate of drug-likeness (QED) is 0.858. The lowest BCUT2D eigenvalue weighted by atomic mass is 9.85. The molecule has 1 aromatic rings. The molecule has 2 N–H and O–H groups in total. The number of hydrogen-bond acceptors (Lipinski definition) is 2. The monoisotopic (exact) mass is 244 g/mol. The number of carbonyl (C=O) groups is 1. The van der Waals surface area contributed by atoms with Gasteiger partial charge in [-0.2, -0.15) is 0 Å². The van der Waals surface area contributed by atoms with Crippen LogP contribution in [0, 0.1) is 0 Å². The van der Waals surface area contributed by atoms with Crippen LogP contribution >= 0.6 is 0 Å². The van der Waals surface area contributed by atoms with Crippen LogP contribution in [0.4, 0.5) is 0 Å². The highest BCUT2D eigenvalue weighted by molar-refractivity contribution is 5.86. The predicted octanol–water partition coefficient (Wildman–Crippen LogP) is 1.58. The average molecular weight is 244 g/mol. The van der Waals surface area contributed by atoms with Crippen molar-refractivity contribution in [2.45, 2.75) is 37.6 Å². The second-order valence-electron chi connectivity index (χ2n) is 5.59. The third kappa shape index (κ3) is 1.50. The molecule has 0 bridgehead atoms. The third-order valence-electron chi connectivity index (χ3n) is 4.67. The van der Waals surface area contributed by atoms with E-state index in [0.29, 0.717) is 0 Å². The molecule has 1 aliphatic heterocycles. The van der Waals surface area contributed by atoms with Crippen LogP contribution in [-0.4, -0.2) is 24.4 Å². The molecule has 1 saturated heterocycles. The van der Waals surface area contributed by atoms with Crippen molar-refractivity contribution in [3.05, 3.63) is 34.9 Å². The Bertz CT molecular complexity index is 497. The molecule has 0 spiro atoms. The van der Waals surface area contributed by atoms with E-state index >= 15 is 0 Å². The van der Waals surface area contributed by atoms with Crippen LogP contribution in [0.3, 0.4) is 0 Å². The van der Waals surface area contributed by atoms with E-state index in [1.807, 2.05) is 7.05 Å². The molecule has 1 aliphatic carbocycles. The van der Waals surface area contributed by atoms with Crippen LogP contribution in [0.1, 0.15) is 36.0 Å². The van der Waals surface area contributed by atoms with Gasteiger partial charge in [0.2, 0.25) is 5.91 Å². The fourth-order valence-electron chi connectivity index (χ4n) is 3.60. The fraction of sp³-hybridized carbons (Fsp3) is 0.533. The van der Waals surface area contributed by atoms with Gasteiger partial charge < -0.3 is 5.73 Å². The number of nitrogens with zero attached hydrogens (tertiary/aromatic N) is 1. The van der Waals surface area contributed by atoms with E-state index in [2.05, 4.69) is 23.1 Å². The molecule has 0 aromatic heterocycles.